The fourth-order valence-electron chi connectivity index (χ4n) is 1.00. The third-order valence-corrected chi connectivity index (χ3v) is 1.77. The first kappa shape index (κ1) is 11.4. The van der Waals surface area contributed by atoms with Crippen LogP contribution in [0, 0.1) is 0 Å². The Hall–Kier alpha value is -1.63. The number of aromatic nitrogens is 2. The molecule has 0 aliphatic carbocycles. The highest BCUT2D eigenvalue weighted by Gasteiger charge is 2.13. The van der Waals surface area contributed by atoms with Gasteiger partial charge in [-0.25, -0.2) is 0 Å². The molecule has 0 radical (unpaired) electrons. The third-order valence-electron chi connectivity index (χ3n) is 1.77. The lowest BCUT2D eigenvalue weighted by Crippen LogP contribution is -2.35. The van der Waals surface area contributed by atoms with Crippen LogP contribution in [0.2, 0.25) is 0 Å². The van der Waals surface area contributed by atoms with Crippen molar-refractivity contribution in [1.82, 2.24) is 20.8 Å². The minimum absolute atomic E-state index is 0.136. The van der Waals surface area contributed by atoms with Crippen LogP contribution in [0.15, 0.2) is 4.42 Å². The van der Waals surface area contributed by atoms with E-state index in [1.165, 1.54) is 0 Å². The first-order valence-corrected chi connectivity index (χ1v) is 4.62. The van der Waals surface area contributed by atoms with Gasteiger partial charge in [0.15, 0.2) is 0 Å². The average Bonchev–Trinajstić information content (AvgIpc) is 2.65. The zero-order chi connectivity index (χ0) is 11.3. The van der Waals surface area contributed by atoms with E-state index in [2.05, 4.69) is 26.1 Å². The summed E-state index contributed by atoms with van der Waals surface area (Å²) in [6.07, 6.45) is 0. The monoisotopic (exact) mass is 213 g/mol. The molecule has 0 aliphatic rings. The smallest absolute Gasteiger partial charge is 0.316 e. The minimum atomic E-state index is -0.405. The van der Waals surface area contributed by atoms with Crippen LogP contribution in [0.25, 0.3) is 0 Å². The fraction of sp³-hybridized carbons (Fsp3) is 0.625. The molecule has 0 bridgehead atoms. The number of hydrogen-bond donors (Lipinski definition) is 3. The molecule has 0 aromatic carbocycles. The molecule has 7 nitrogen and oxygen atoms in total. The maximum Gasteiger partial charge on any atom is 0.316 e. The summed E-state index contributed by atoms with van der Waals surface area (Å²) in [7, 11) is 3.35. The SMILES string of the molecule is CNCc1nnc(NC(C)C(=O)NC)o1. The van der Waals surface area contributed by atoms with Crippen molar-refractivity contribution in [2.45, 2.75) is 19.5 Å². The van der Waals surface area contributed by atoms with E-state index < -0.39 is 6.04 Å². The first-order valence-electron chi connectivity index (χ1n) is 4.62. The second-order valence-electron chi connectivity index (χ2n) is 3.01. The van der Waals surface area contributed by atoms with E-state index in [0.29, 0.717) is 12.4 Å². The van der Waals surface area contributed by atoms with Crippen molar-refractivity contribution in [2.75, 3.05) is 19.4 Å². The number of nitrogens with one attached hydrogen (secondary N) is 3. The van der Waals surface area contributed by atoms with Gasteiger partial charge in [-0.1, -0.05) is 5.10 Å². The number of hydrogen-bond acceptors (Lipinski definition) is 6. The van der Waals surface area contributed by atoms with Gasteiger partial charge in [0.25, 0.3) is 0 Å². The van der Waals surface area contributed by atoms with E-state index in [1.54, 1.807) is 21.0 Å². The van der Waals surface area contributed by atoms with Crippen LogP contribution in [-0.4, -0.2) is 36.2 Å². The van der Waals surface area contributed by atoms with Crippen molar-refractivity contribution >= 4 is 11.9 Å². The average molecular weight is 213 g/mol. The normalized spacial score (nSPS) is 12.2. The van der Waals surface area contributed by atoms with Gasteiger partial charge in [-0.15, -0.1) is 5.10 Å². The van der Waals surface area contributed by atoms with Crippen LogP contribution < -0.4 is 16.0 Å². The van der Waals surface area contributed by atoms with Gasteiger partial charge in [0.2, 0.25) is 11.8 Å². The first-order chi connectivity index (χ1) is 7.17. The topological polar surface area (TPSA) is 92.1 Å². The van der Waals surface area contributed by atoms with Crippen LogP contribution in [0.4, 0.5) is 6.01 Å². The molecule has 0 spiro atoms. The van der Waals surface area contributed by atoms with Gasteiger partial charge < -0.3 is 20.4 Å². The maximum atomic E-state index is 11.2. The summed E-state index contributed by atoms with van der Waals surface area (Å²) in [6.45, 7) is 2.21. The number of anilines is 1. The number of nitrogens with zero attached hydrogens (tertiary/aromatic N) is 2. The number of carbonyl (C=O) groups is 1. The van der Waals surface area contributed by atoms with Crippen LogP contribution >= 0.6 is 0 Å². The van der Waals surface area contributed by atoms with E-state index in [4.69, 9.17) is 4.42 Å². The molecule has 1 unspecified atom stereocenters. The molecule has 0 fully saturated rings. The number of carbonyl (C=O) groups excluding carboxylic acids is 1. The third kappa shape index (κ3) is 3.21. The van der Waals surface area contributed by atoms with Crippen molar-refractivity contribution < 1.29 is 9.21 Å². The van der Waals surface area contributed by atoms with E-state index in [0.717, 1.165) is 0 Å². The number of amides is 1. The zero-order valence-corrected chi connectivity index (χ0v) is 9.00. The molecule has 3 N–H and O–H groups in total. The zero-order valence-electron chi connectivity index (χ0n) is 9.00. The van der Waals surface area contributed by atoms with E-state index in [1.807, 2.05) is 0 Å². The van der Waals surface area contributed by atoms with Gasteiger partial charge in [0.05, 0.1) is 6.54 Å². The molecule has 1 atom stereocenters. The predicted octanol–water partition coefficient (Wildman–Crippen LogP) is -0.665. The lowest BCUT2D eigenvalue weighted by molar-refractivity contribution is -0.121. The summed E-state index contributed by atoms with van der Waals surface area (Å²) in [5.41, 5.74) is 0. The molecule has 1 aromatic heterocycles. The summed E-state index contributed by atoms with van der Waals surface area (Å²) in [6, 6.07) is -0.158. The molecule has 7 heteroatoms. The molecule has 1 aromatic rings. The van der Waals surface area contributed by atoms with Crippen molar-refractivity contribution in [3.8, 4) is 0 Å². The Bertz CT molecular complexity index is 325. The highest BCUT2D eigenvalue weighted by molar-refractivity contribution is 5.83. The lowest BCUT2D eigenvalue weighted by Gasteiger charge is -2.08. The summed E-state index contributed by atoms with van der Waals surface area (Å²) in [4.78, 5) is 11.2. The molecule has 0 saturated carbocycles. The van der Waals surface area contributed by atoms with Gasteiger partial charge in [-0.3, -0.25) is 4.79 Å². The summed E-state index contributed by atoms with van der Waals surface area (Å²) < 4.78 is 5.21. The molecule has 84 valence electrons. The Kier molecular flexibility index (Phi) is 4.04. The minimum Gasteiger partial charge on any atom is -0.407 e. The van der Waals surface area contributed by atoms with Gasteiger partial charge >= 0.3 is 6.01 Å². The van der Waals surface area contributed by atoms with E-state index in [9.17, 15) is 4.79 Å². The Morgan fingerprint density at radius 2 is 2.20 bits per heavy atom. The van der Waals surface area contributed by atoms with Crippen molar-refractivity contribution in [3.63, 3.8) is 0 Å². The highest BCUT2D eigenvalue weighted by atomic mass is 16.4. The molecular weight excluding hydrogens is 198 g/mol. The molecule has 0 aliphatic heterocycles. The lowest BCUT2D eigenvalue weighted by atomic mass is 10.3. The van der Waals surface area contributed by atoms with E-state index in [-0.39, 0.29) is 11.9 Å². The van der Waals surface area contributed by atoms with Crippen LogP contribution in [0.1, 0.15) is 12.8 Å². The van der Waals surface area contributed by atoms with Gasteiger partial charge in [-0.05, 0) is 14.0 Å². The maximum absolute atomic E-state index is 11.2. The summed E-state index contributed by atoms with van der Waals surface area (Å²) in [5.74, 6) is 0.340. The van der Waals surface area contributed by atoms with Gasteiger partial charge in [0.1, 0.15) is 6.04 Å². The number of likely N-dealkylation sites (N-methyl/N-ethyl adjacent to an activating group) is 1. The molecule has 1 amide bonds. The molecule has 15 heavy (non-hydrogen) atoms. The second-order valence-corrected chi connectivity index (χ2v) is 3.01. The second kappa shape index (κ2) is 5.30. The molecule has 1 rings (SSSR count). The predicted molar refractivity (Wildman–Crippen MR) is 54.2 cm³/mol. The standard InChI is InChI=1S/C8H15N5O2/c1-5(7(14)10-3)11-8-13-12-6(15-8)4-9-2/h5,9H,4H2,1-3H3,(H,10,14)(H,11,13). The highest BCUT2D eigenvalue weighted by Crippen LogP contribution is 2.06. The van der Waals surface area contributed by atoms with Crippen LogP contribution in [-0.2, 0) is 11.3 Å². The van der Waals surface area contributed by atoms with Crippen LogP contribution in [0.5, 0.6) is 0 Å². The van der Waals surface area contributed by atoms with Gasteiger partial charge in [-0.2, -0.15) is 0 Å². The Labute approximate surface area is 87.6 Å². The molecular formula is C8H15N5O2. The molecule has 0 saturated heterocycles. The van der Waals surface area contributed by atoms with Gasteiger partial charge in [0, 0.05) is 7.05 Å². The summed E-state index contributed by atoms with van der Waals surface area (Å²) >= 11 is 0. The quantitative estimate of drug-likeness (QED) is 0.601. The summed E-state index contributed by atoms with van der Waals surface area (Å²) in [5, 5.41) is 15.7. The van der Waals surface area contributed by atoms with Crippen molar-refractivity contribution in [1.29, 1.82) is 0 Å². The van der Waals surface area contributed by atoms with Crippen molar-refractivity contribution in [2.24, 2.45) is 0 Å². The Morgan fingerprint density at radius 3 is 2.80 bits per heavy atom. The van der Waals surface area contributed by atoms with Crippen LogP contribution in [0.3, 0.4) is 0 Å². The largest absolute Gasteiger partial charge is 0.407 e. The Morgan fingerprint density at radius 1 is 1.47 bits per heavy atom. The van der Waals surface area contributed by atoms with Crippen molar-refractivity contribution in [3.05, 3.63) is 5.89 Å². The van der Waals surface area contributed by atoms with E-state index >= 15 is 0 Å². The Balaban J connectivity index is 2.53. The number of rotatable bonds is 5. The fourth-order valence-corrected chi connectivity index (χ4v) is 1.00. The molecule has 1 heterocycles.